The number of carbonyl (C=O) groups excluding carboxylic acids is 1. The number of hydrogen-bond donors (Lipinski definition) is 13. The minimum absolute atomic E-state index is 0.671. The van der Waals surface area contributed by atoms with E-state index in [1.54, 1.807) is 0 Å². The van der Waals surface area contributed by atoms with Gasteiger partial charge >= 0.3 is 0 Å². The Bertz CT molecular complexity index is 1010. The molecule has 0 aliphatic carbocycles. The van der Waals surface area contributed by atoms with Crippen molar-refractivity contribution in [2.24, 2.45) is 0 Å². The molecule has 4 fully saturated rings. The van der Waals surface area contributed by atoms with Gasteiger partial charge in [0.2, 0.25) is 5.91 Å². The predicted molar refractivity (Wildman–Crippen MR) is 144 cm³/mol. The summed E-state index contributed by atoms with van der Waals surface area (Å²) in [5.41, 5.74) is 0. The molecule has 274 valence electrons. The summed E-state index contributed by atoms with van der Waals surface area (Å²) in [7, 11) is 0. The molecule has 0 unspecified atom stereocenters. The van der Waals surface area contributed by atoms with Crippen LogP contribution in [-0.2, 0) is 38.0 Å². The third-order valence-corrected chi connectivity index (χ3v) is 8.57. The Balaban J connectivity index is 1.65. The first-order chi connectivity index (χ1) is 22.1. The molecule has 0 aromatic carbocycles. The standard InChI is InChI=1S/C26H45NO20/c1-6-12(32)15(35)17(37)24(41-6)47-22-19(39)21(45-25-18(38)16(36)13(33)8(3-28)43-25)10(5-30)44-26(22)46-20-9(4-29)42-23(40)11(14(20)34)27-7(2)31/h6,8-26,28-30,32-40H,3-5H2,1-2H3,(H,27,31)/t6-,8+,9+,10+,11+,12+,13-,14+,15+,16-,17-,18+,19-,20-,21-,22+,23+,24-,25+,26-/m0/s1. The van der Waals surface area contributed by atoms with E-state index in [2.05, 4.69) is 5.32 Å². The van der Waals surface area contributed by atoms with Crippen molar-refractivity contribution in [3.05, 3.63) is 0 Å². The van der Waals surface area contributed by atoms with Crippen molar-refractivity contribution in [3.8, 4) is 0 Å². The van der Waals surface area contributed by atoms with E-state index in [1.807, 2.05) is 0 Å². The number of hydrogen-bond acceptors (Lipinski definition) is 20. The van der Waals surface area contributed by atoms with E-state index in [1.165, 1.54) is 6.92 Å². The maximum atomic E-state index is 11.7. The lowest BCUT2D eigenvalue weighted by atomic mass is 9.94. The lowest BCUT2D eigenvalue weighted by Gasteiger charge is -2.50. The molecule has 20 atom stereocenters. The van der Waals surface area contributed by atoms with E-state index in [0.29, 0.717) is 0 Å². The molecule has 1 amide bonds. The highest BCUT2D eigenvalue weighted by molar-refractivity contribution is 5.73. The zero-order valence-electron chi connectivity index (χ0n) is 25.3. The smallest absolute Gasteiger partial charge is 0.217 e. The summed E-state index contributed by atoms with van der Waals surface area (Å²) >= 11 is 0. The van der Waals surface area contributed by atoms with E-state index >= 15 is 0 Å². The Morgan fingerprint density at radius 2 is 1.02 bits per heavy atom. The summed E-state index contributed by atoms with van der Waals surface area (Å²) in [6, 6.07) is -1.48. The molecule has 0 saturated carbocycles. The zero-order chi connectivity index (χ0) is 34.9. The molecule has 0 aromatic heterocycles. The zero-order valence-corrected chi connectivity index (χ0v) is 25.3. The number of aliphatic hydroxyl groups excluding tert-OH is 12. The topological polar surface area (TPSA) is 336 Å². The molecule has 4 heterocycles. The summed E-state index contributed by atoms with van der Waals surface area (Å²) in [5.74, 6) is -0.671. The van der Waals surface area contributed by atoms with Crippen LogP contribution in [-0.4, -0.2) is 210 Å². The molecule has 0 spiro atoms. The Hall–Kier alpha value is -1.29. The second-order valence-electron chi connectivity index (χ2n) is 11.9. The van der Waals surface area contributed by atoms with Crippen molar-refractivity contribution in [2.45, 2.75) is 137 Å². The minimum Gasteiger partial charge on any atom is -0.394 e. The molecule has 0 bridgehead atoms. The van der Waals surface area contributed by atoms with Crippen LogP contribution < -0.4 is 5.32 Å². The van der Waals surface area contributed by atoms with Crippen LogP contribution in [0.15, 0.2) is 0 Å². The number of carbonyl (C=O) groups is 1. The number of aliphatic hydroxyl groups is 12. The van der Waals surface area contributed by atoms with Crippen molar-refractivity contribution in [2.75, 3.05) is 19.8 Å². The molecule has 4 aliphatic rings. The van der Waals surface area contributed by atoms with Gasteiger partial charge in [-0.2, -0.15) is 0 Å². The highest BCUT2D eigenvalue weighted by Crippen LogP contribution is 2.35. The van der Waals surface area contributed by atoms with E-state index < -0.39 is 148 Å². The van der Waals surface area contributed by atoms with Gasteiger partial charge in [-0.15, -0.1) is 0 Å². The molecule has 0 radical (unpaired) electrons. The van der Waals surface area contributed by atoms with Crippen LogP contribution in [0.4, 0.5) is 0 Å². The Kier molecular flexibility index (Phi) is 13.2. The highest BCUT2D eigenvalue weighted by Gasteiger charge is 2.56. The molecule has 47 heavy (non-hydrogen) atoms. The molecule has 21 nitrogen and oxygen atoms in total. The van der Waals surface area contributed by atoms with Crippen LogP contribution in [0, 0.1) is 0 Å². The maximum Gasteiger partial charge on any atom is 0.217 e. The van der Waals surface area contributed by atoms with Crippen molar-refractivity contribution in [1.82, 2.24) is 5.32 Å². The molecule has 13 N–H and O–H groups in total. The van der Waals surface area contributed by atoms with E-state index in [4.69, 9.17) is 33.2 Å². The van der Waals surface area contributed by atoms with Crippen LogP contribution in [0.2, 0.25) is 0 Å². The van der Waals surface area contributed by atoms with Gasteiger partial charge < -0.3 is 99.8 Å². The molecule has 4 saturated heterocycles. The quantitative estimate of drug-likeness (QED) is 0.101. The van der Waals surface area contributed by atoms with Crippen molar-refractivity contribution >= 4 is 5.91 Å². The summed E-state index contributed by atoms with van der Waals surface area (Å²) in [4.78, 5) is 11.7. The van der Waals surface area contributed by atoms with Crippen molar-refractivity contribution in [1.29, 1.82) is 0 Å². The third kappa shape index (κ3) is 8.04. The second-order valence-corrected chi connectivity index (χ2v) is 11.9. The number of ether oxygens (including phenoxy) is 7. The lowest BCUT2D eigenvalue weighted by molar-refractivity contribution is -0.398. The van der Waals surface area contributed by atoms with E-state index in [0.717, 1.165) is 6.92 Å². The summed E-state index contributed by atoms with van der Waals surface area (Å²) in [5, 5.41) is 127. The van der Waals surface area contributed by atoms with Crippen LogP contribution in [0.5, 0.6) is 0 Å². The van der Waals surface area contributed by atoms with Crippen molar-refractivity contribution in [3.63, 3.8) is 0 Å². The lowest BCUT2D eigenvalue weighted by Crippen LogP contribution is -2.69. The van der Waals surface area contributed by atoms with Gasteiger partial charge in [0.15, 0.2) is 25.2 Å². The average Bonchev–Trinajstić information content (AvgIpc) is 3.04. The van der Waals surface area contributed by atoms with Gasteiger partial charge in [-0.25, -0.2) is 0 Å². The van der Waals surface area contributed by atoms with Crippen LogP contribution in [0.3, 0.4) is 0 Å². The second kappa shape index (κ2) is 16.2. The van der Waals surface area contributed by atoms with Gasteiger partial charge in [-0.3, -0.25) is 4.79 Å². The Labute approximate surface area is 267 Å². The Morgan fingerprint density at radius 1 is 0.553 bits per heavy atom. The molecule has 21 heteroatoms. The normalized spacial score (nSPS) is 51.0. The first-order valence-corrected chi connectivity index (χ1v) is 15.0. The summed E-state index contributed by atoms with van der Waals surface area (Å²) in [6.07, 6.45) is -32.7. The van der Waals surface area contributed by atoms with Gasteiger partial charge in [0.05, 0.1) is 25.9 Å². The number of amides is 1. The average molecular weight is 692 g/mol. The van der Waals surface area contributed by atoms with Gasteiger partial charge in [-0.05, 0) is 6.92 Å². The summed E-state index contributed by atoms with van der Waals surface area (Å²) < 4.78 is 39.3. The highest BCUT2D eigenvalue weighted by atomic mass is 16.8. The van der Waals surface area contributed by atoms with Gasteiger partial charge in [-0.1, -0.05) is 0 Å². The fraction of sp³-hybridized carbons (Fsp3) is 0.962. The first-order valence-electron chi connectivity index (χ1n) is 15.0. The largest absolute Gasteiger partial charge is 0.394 e. The van der Waals surface area contributed by atoms with Gasteiger partial charge in [0.1, 0.15) is 91.5 Å². The molecule has 4 aliphatic heterocycles. The third-order valence-electron chi connectivity index (χ3n) is 8.57. The van der Waals surface area contributed by atoms with Crippen LogP contribution in [0.1, 0.15) is 13.8 Å². The van der Waals surface area contributed by atoms with Crippen LogP contribution >= 0.6 is 0 Å². The molecular formula is C26H45NO20. The monoisotopic (exact) mass is 691 g/mol. The fourth-order valence-corrected chi connectivity index (χ4v) is 5.88. The SMILES string of the molecule is CC(=O)N[C@@H]1[C@@H](O)[C@@H](O[C@@H]2O[C@H](CO)[C@H](O[C@H]3O[C@H](CO)[C@H](O)[C@H](O)[C@H]3O)[C@H](O)[C@H]2O[C@@H]2O[C@@H](C)[C@@H](O)[C@@H](O)[C@@H]2O)[C@@H](CO)O[C@H]1O. The Morgan fingerprint density at radius 3 is 1.60 bits per heavy atom. The molecule has 4 rings (SSSR count). The van der Waals surface area contributed by atoms with E-state index in [-0.39, 0.29) is 0 Å². The summed E-state index contributed by atoms with van der Waals surface area (Å²) in [6.45, 7) is -0.128. The molecule has 0 aromatic rings. The maximum absolute atomic E-state index is 11.7. The fourth-order valence-electron chi connectivity index (χ4n) is 5.88. The van der Waals surface area contributed by atoms with Crippen LogP contribution in [0.25, 0.3) is 0 Å². The predicted octanol–water partition coefficient (Wildman–Crippen LogP) is -8.58. The number of rotatable bonds is 10. The molecular weight excluding hydrogens is 646 g/mol. The minimum atomic E-state index is -2.00. The number of nitrogens with one attached hydrogen (secondary N) is 1. The first kappa shape index (κ1) is 38.5. The van der Waals surface area contributed by atoms with Crippen molar-refractivity contribution < 1.29 is 99.2 Å². The van der Waals surface area contributed by atoms with Gasteiger partial charge in [0, 0.05) is 6.92 Å². The van der Waals surface area contributed by atoms with E-state index in [9.17, 15) is 66.1 Å². The van der Waals surface area contributed by atoms with Gasteiger partial charge in [0.25, 0.3) is 0 Å².